The molecule has 4 rings (SSSR count). The minimum atomic E-state index is -0.503. The number of nitrogens with zero attached hydrogens (tertiary/aromatic N) is 2. The molecule has 0 unspecified atom stereocenters. The van der Waals surface area contributed by atoms with Gasteiger partial charge >= 0.3 is 6.03 Å². The van der Waals surface area contributed by atoms with Crippen LogP contribution in [0, 0.1) is 0 Å². The third-order valence-corrected chi connectivity index (χ3v) is 8.01. The molecule has 2 aliphatic rings. The summed E-state index contributed by atoms with van der Waals surface area (Å²) in [5, 5.41) is 6.33. The van der Waals surface area contributed by atoms with E-state index in [1.807, 2.05) is 18.2 Å². The molecule has 1 aromatic heterocycles. The van der Waals surface area contributed by atoms with Crippen molar-refractivity contribution in [1.82, 2.24) is 15.1 Å². The SMILES string of the molecule is COc1cccc(CN2CCc3c(sc(NC(=O)NCCCCN4CCCC4)c3C(N)=O)C2)c1OC. The van der Waals surface area contributed by atoms with Crippen LogP contribution in [0.3, 0.4) is 0 Å². The molecular weight excluding hydrogens is 478 g/mol. The highest BCUT2D eigenvalue weighted by Crippen LogP contribution is 2.38. The molecule has 0 spiro atoms. The van der Waals surface area contributed by atoms with Crippen molar-refractivity contribution >= 4 is 28.3 Å². The zero-order valence-electron chi connectivity index (χ0n) is 21.2. The van der Waals surface area contributed by atoms with Crippen molar-refractivity contribution < 1.29 is 19.1 Å². The van der Waals surface area contributed by atoms with Crippen molar-refractivity contribution in [3.63, 3.8) is 0 Å². The van der Waals surface area contributed by atoms with Crippen LogP contribution < -0.4 is 25.8 Å². The number of thiophene rings is 1. The number of methoxy groups -OCH3 is 2. The van der Waals surface area contributed by atoms with Crippen LogP contribution in [0.4, 0.5) is 9.80 Å². The van der Waals surface area contributed by atoms with Gasteiger partial charge in [0, 0.05) is 36.6 Å². The van der Waals surface area contributed by atoms with E-state index in [1.54, 1.807) is 14.2 Å². The van der Waals surface area contributed by atoms with Gasteiger partial charge in [-0.3, -0.25) is 15.0 Å². The number of hydrogen-bond acceptors (Lipinski definition) is 7. The van der Waals surface area contributed by atoms with E-state index in [-0.39, 0.29) is 6.03 Å². The van der Waals surface area contributed by atoms with Crippen LogP contribution in [0.2, 0.25) is 0 Å². The number of carbonyl (C=O) groups is 2. The summed E-state index contributed by atoms with van der Waals surface area (Å²) < 4.78 is 11.0. The van der Waals surface area contributed by atoms with Crippen LogP contribution in [0.1, 0.15) is 52.0 Å². The number of fused-ring (bicyclic) bond motifs is 1. The number of benzene rings is 1. The molecule has 196 valence electrons. The first-order valence-corrected chi connectivity index (χ1v) is 13.5. The third kappa shape index (κ3) is 6.29. The van der Waals surface area contributed by atoms with E-state index < -0.39 is 5.91 Å². The summed E-state index contributed by atoms with van der Waals surface area (Å²) in [4.78, 5) is 30.7. The number of urea groups is 1. The van der Waals surface area contributed by atoms with Crippen molar-refractivity contribution in [1.29, 1.82) is 0 Å². The molecule has 0 saturated carbocycles. The molecule has 9 nitrogen and oxygen atoms in total. The maximum Gasteiger partial charge on any atom is 0.319 e. The van der Waals surface area contributed by atoms with Crippen LogP contribution in [0.15, 0.2) is 18.2 Å². The first kappa shape index (κ1) is 26.2. The number of amides is 3. The van der Waals surface area contributed by atoms with Crippen LogP contribution in [0.5, 0.6) is 11.5 Å². The van der Waals surface area contributed by atoms with E-state index in [0.29, 0.717) is 42.4 Å². The average Bonchev–Trinajstić information content (AvgIpc) is 3.50. The summed E-state index contributed by atoms with van der Waals surface area (Å²) in [7, 11) is 3.27. The predicted octanol–water partition coefficient (Wildman–Crippen LogP) is 3.42. The number of likely N-dealkylation sites (tertiary alicyclic amines) is 1. The molecule has 2 aromatic rings. The van der Waals surface area contributed by atoms with Crippen LogP contribution in [0.25, 0.3) is 0 Å². The number of primary amides is 1. The van der Waals surface area contributed by atoms with Gasteiger partial charge in [-0.2, -0.15) is 0 Å². The van der Waals surface area contributed by atoms with E-state index in [4.69, 9.17) is 15.2 Å². The number of nitrogens with one attached hydrogen (secondary N) is 2. The second kappa shape index (κ2) is 12.4. The highest BCUT2D eigenvalue weighted by atomic mass is 32.1. The Bertz CT molecular complexity index is 1070. The van der Waals surface area contributed by atoms with Gasteiger partial charge in [-0.05, 0) is 63.4 Å². The molecule has 3 heterocycles. The molecule has 10 heteroatoms. The summed E-state index contributed by atoms with van der Waals surface area (Å²) in [6.07, 6.45) is 5.27. The lowest BCUT2D eigenvalue weighted by atomic mass is 10.0. The van der Waals surface area contributed by atoms with Gasteiger partial charge in [0.25, 0.3) is 5.91 Å². The number of unbranched alkanes of at least 4 members (excludes halogenated alkanes) is 1. The molecule has 3 amide bonds. The minimum absolute atomic E-state index is 0.296. The fourth-order valence-corrected chi connectivity index (χ4v) is 6.37. The van der Waals surface area contributed by atoms with Gasteiger partial charge in [0.05, 0.1) is 19.8 Å². The zero-order chi connectivity index (χ0) is 25.5. The smallest absolute Gasteiger partial charge is 0.319 e. The van der Waals surface area contributed by atoms with Gasteiger partial charge in [-0.15, -0.1) is 11.3 Å². The summed E-state index contributed by atoms with van der Waals surface area (Å²) in [5.41, 5.74) is 8.16. The number of carbonyl (C=O) groups excluding carboxylic acids is 2. The Labute approximate surface area is 216 Å². The summed E-state index contributed by atoms with van der Waals surface area (Å²) in [5.74, 6) is 0.930. The summed E-state index contributed by atoms with van der Waals surface area (Å²) in [6.45, 7) is 6.20. The molecular formula is C26H37N5O4S. The largest absolute Gasteiger partial charge is 0.493 e. The maximum absolute atomic E-state index is 12.5. The van der Waals surface area contributed by atoms with Crippen molar-refractivity contribution in [3.8, 4) is 11.5 Å². The first-order chi connectivity index (χ1) is 17.5. The Morgan fingerprint density at radius 1 is 1.08 bits per heavy atom. The van der Waals surface area contributed by atoms with Gasteiger partial charge in [0.1, 0.15) is 5.00 Å². The Morgan fingerprint density at radius 2 is 1.89 bits per heavy atom. The van der Waals surface area contributed by atoms with Crippen LogP contribution in [-0.4, -0.2) is 68.7 Å². The minimum Gasteiger partial charge on any atom is -0.493 e. The second-order valence-corrected chi connectivity index (χ2v) is 10.4. The molecule has 0 aliphatic carbocycles. The summed E-state index contributed by atoms with van der Waals surface area (Å²) in [6, 6.07) is 5.57. The topological polar surface area (TPSA) is 109 Å². The zero-order valence-corrected chi connectivity index (χ0v) is 22.0. The van der Waals surface area contributed by atoms with E-state index in [0.717, 1.165) is 47.7 Å². The monoisotopic (exact) mass is 515 g/mol. The highest BCUT2D eigenvalue weighted by molar-refractivity contribution is 7.17. The molecule has 4 N–H and O–H groups in total. The number of rotatable bonds is 11. The van der Waals surface area contributed by atoms with Gasteiger partial charge in [0.2, 0.25) is 0 Å². The third-order valence-electron chi connectivity index (χ3n) is 6.87. The number of para-hydroxylation sites is 1. The Kier molecular flexibility index (Phi) is 9.06. The normalized spacial score (nSPS) is 15.9. The van der Waals surface area contributed by atoms with Crippen molar-refractivity contribution in [2.75, 3.05) is 52.3 Å². The Balaban J connectivity index is 1.35. The van der Waals surface area contributed by atoms with Crippen molar-refractivity contribution in [2.45, 2.75) is 45.2 Å². The Hall–Kier alpha value is -2.82. The standard InChI is InChI=1S/C26H37N5O4S/c1-34-20-9-7-8-18(23(20)35-2)16-31-15-10-19-21(17-31)36-25(22(19)24(27)32)29-26(33)28-11-3-4-12-30-13-5-6-14-30/h7-9H,3-6,10-17H2,1-2H3,(H2,27,32)(H2,28,29,33). The first-order valence-electron chi connectivity index (χ1n) is 12.6. The number of ether oxygens (including phenoxy) is 2. The fourth-order valence-electron chi connectivity index (χ4n) is 5.08. The molecule has 36 heavy (non-hydrogen) atoms. The molecule has 0 radical (unpaired) electrons. The van der Waals surface area contributed by atoms with E-state index >= 15 is 0 Å². The lowest BCUT2D eigenvalue weighted by Crippen LogP contribution is -2.31. The lowest BCUT2D eigenvalue weighted by Gasteiger charge is -2.27. The van der Waals surface area contributed by atoms with Gasteiger partial charge in [-0.1, -0.05) is 12.1 Å². The van der Waals surface area contributed by atoms with Crippen molar-refractivity contribution in [2.24, 2.45) is 5.73 Å². The lowest BCUT2D eigenvalue weighted by molar-refractivity contribution is 0.0999. The molecule has 1 saturated heterocycles. The van der Waals surface area contributed by atoms with Gasteiger partial charge < -0.3 is 25.4 Å². The van der Waals surface area contributed by atoms with Crippen molar-refractivity contribution in [3.05, 3.63) is 39.8 Å². The summed E-state index contributed by atoms with van der Waals surface area (Å²) >= 11 is 1.43. The fraction of sp³-hybridized carbons (Fsp3) is 0.538. The number of anilines is 1. The molecule has 0 bridgehead atoms. The predicted molar refractivity (Wildman–Crippen MR) is 142 cm³/mol. The number of nitrogens with two attached hydrogens (primary N) is 1. The van der Waals surface area contributed by atoms with Gasteiger partial charge in [-0.25, -0.2) is 4.79 Å². The highest BCUT2D eigenvalue weighted by Gasteiger charge is 2.28. The average molecular weight is 516 g/mol. The molecule has 1 aromatic carbocycles. The Morgan fingerprint density at radius 3 is 2.61 bits per heavy atom. The van der Waals surface area contributed by atoms with E-state index in [1.165, 1.54) is 37.3 Å². The maximum atomic E-state index is 12.5. The van der Waals surface area contributed by atoms with Crippen LogP contribution >= 0.6 is 11.3 Å². The van der Waals surface area contributed by atoms with E-state index in [2.05, 4.69) is 20.4 Å². The quantitative estimate of drug-likeness (QED) is 0.396. The molecule has 2 aliphatic heterocycles. The van der Waals surface area contributed by atoms with Crippen LogP contribution in [-0.2, 0) is 19.5 Å². The molecule has 1 fully saturated rings. The number of hydrogen-bond donors (Lipinski definition) is 3. The molecule has 0 atom stereocenters. The second-order valence-electron chi connectivity index (χ2n) is 9.32. The van der Waals surface area contributed by atoms with Gasteiger partial charge in [0.15, 0.2) is 11.5 Å². The van der Waals surface area contributed by atoms with E-state index in [9.17, 15) is 9.59 Å².